The van der Waals surface area contributed by atoms with Gasteiger partial charge in [-0.15, -0.1) is 0 Å². The molecule has 3 N–H and O–H groups in total. The Bertz CT molecular complexity index is 424. The third kappa shape index (κ3) is 2.93. The average molecular weight is 273 g/mol. The van der Waals surface area contributed by atoms with Gasteiger partial charge in [-0.25, -0.2) is 0 Å². The lowest BCUT2D eigenvalue weighted by molar-refractivity contribution is -0.155. The van der Waals surface area contributed by atoms with Crippen molar-refractivity contribution in [1.82, 2.24) is 0 Å². The Morgan fingerprint density at radius 2 is 1.94 bits per heavy atom. The van der Waals surface area contributed by atoms with Gasteiger partial charge >= 0.3 is 0 Å². The third-order valence-electron chi connectivity index (χ3n) is 2.68. The second-order valence-electron chi connectivity index (χ2n) is 3.97. The van der Waals surface area contributed by atoms with Crippen LogP contribution in [0.5, 0.6) is 0 Å². The van der Waals surface area contributed by atoms with E-state index in [0.29, 0.717) is 10.7 Å². The van der Waals surface area contributed by atoms with E-state index in [0.717, 1.165) is 0 Å². The summed E-state index contributed by atoms with van der Waals surface area (Å²) in [5.41, 5.74) is 4.77. The molecule has 0 fully saturated rings. The van der Waals surface area contributed by atoms with E-state index in [2.05, 4.69) is 5.32 Å². The second kappa shape index (κ2) is 6.04. The molecule has 0 heterocycles. The van der Waals surface area contributed by atoms with E-state index >= 15 is 0 Å². The first-order valence-corrected chi connectivity index (χ1v) is 5.71. The number of carbonyl (C=O) groups excluding carboxylic acids is 1. The largest absolute Gasteiger partial charge is 0.367 e. The van der Waals surface area contributed by atoms with Crippen LogP contribution in [0.4, 0.5) is 5.69 Å². The van der Waals surface area contributed by atoms with Crippen molar-refractivity contribution in [3.63, 3.8) is 0 Å². The normalized spacial score (nSPS) is 14.3. The lowest BCUT2D eigenvalue weighted by Gasteiger charge is -2.34. The minimum Gasteiger partial charge on any atom is -0.367 e. The van der Waals surface area contributed by atoms with Gasteiger partial charge in [0.1, 0.15) is 0 Å². The fourth-order valence-corrected chi connectivity index (χ4v) is 1.83. The van der Waals surface area contributed by atoms with Crippen LogP contribution in [0, 0.1) is 0 Å². The number of para-hydroxylation sites is 1. The molecule has 0 aromatic heterocycles. The van der Waals surface area contributed by atoms with Gasteiger partial charge in [-0.05, 0) is 19.1 Å². The van der Waals surface area contributed by atoms with Crippen LogP contribution in [0.2, 0.25) is 5.02 Å². The minimum absolute atomic E-state index is 0.482. The molecule has 100 valence electrons. The van der Waals surface area contributed by atoms with Crippen LogP contribution in [0.25, 0.3) is 0 Å². The first kappa shape index (κ1) is 14.8. The Balaban J connectivity index is 3.07. The maximum absolute atomic E-state index is 11.7. The Hall–Kier alpha value is -1.30. The van der Waals surface area contributed by atoms with Gasteiger partial charge in [0, 0.05) is 14.2 Å². The van der Waals surface area contributed by atoms with Crippen LogP contribution >= 0.6 is 11.6 Å². The molecular weight excluding hydrogens is 256 g/mol. The molecule has 0 spiro atoms. The predicted molar refractivity (Wildman–Crippen MR) is 70.5 cm³/mol. The van der Waals surface area contributed by atoms with Crippen LogP contribution in [0.3, 0.4) is 0 Å². The second-order valence-corrected chi connectivity index (χ2v) is 4.38. The smallest absolute Gasteiger partial charge is 0.248 e. The van der Waals surface area contributed by atoms with E-state index in [1.54, 1.807) is 31.2 Å². The van der Waals surface area contributed by atoms with Crippen molar-refractivity contribution in [3.8, 4) is 0 Å². The van der Waals surface area contributed by atoms with Crippen LogP contribution in [-0.2, 0) is 14.3 Å². The predicted octanol–water partition coefficient (Wildman–Crippen LogP) is 1.61. The molecule has 0 aliphatic carbocycles. The molecule has 1 amide bonds. The number of rotatable bonds is 6. The van der Waals surface area contributed by atoms with E-state index in [1.165, 1.54) is 14.2 Å². The summed E-state index contributed by atoms with van der Waals surface area (Å²) in [4.78, 5) is 11.7. The molecular formula is C12H17ClN2O3. The fraction of sp³-hybridized carbons (Fsp3) is 0.417. The van der Waals surface area contributed by atoms with Crippen molar-refractivity contribution in [2.75, 3.05) is 19.5 Å². The number of ether oxygens (including phenoxy) is 2. The monoisotopic (exact) mass is 272 g/mol. The highest BCUT2D eigenvalue weighted by Gasteiger charge is 2.41. The van der Waals surface area contributed by atoms with Gasteiger partial charge in [-0.2, -0.15) is 0 Å². The Kier molecular flexibility index (Phi) is 4.95. The van der Waals surface area contributed by atoms with Crippen molar-refractivity contribution >= 4 is 23.2 Å². The van der Waals surface area contributed by atoms with Gasteiger partial charge in [0.25, 0.3) is 0 Å². The summed E-state index contributed by atoms with van der Waals surface area (Å²) in [6, 6.07) is 7.04. The number of hydrogen-bond acceptors (Lipinski definition) is 4. The van der Waals surface area contributed by atoms with Gasteiger partial charge in [0.2, 0.25) is 5.91 Å². The summed E-state index contributed by atoms with van der Waals surface area (Å²) in [7, 11) is 2.87. The molecule has 1 aromatic rings. The number of nitrogens with one attached hydrogen (secondary N) is 1. The SMILES string of the molecule is COC(OC)C(C)(Nc1ccccc1Cl)C(N)=O. The number of halogens is 1. The highest BCUT2D eigenvalue weighted by Crippen LogP contribution is 2.26. The molecule has 6 heteroatoms. The summed E-state index contributed by atoms with van der Waals surface area (Å²) in [5, 5.41) is 3.45. The van der Waals surface area contributed by atoms with Crippen LogP contribution in [0.15, 0.2) is 24.3 Å². The fourth-order valence-electron chi connectivity index (χ4n) is 1.65. The summed E-state index contributed by atoms with van der Waals surface area (Å²) >= 11 is 6.03. The van der Waals surface area contributed by atoms with Gasteiger partial charge in [-0.1, -0.05) is 23.7 Å². The van der Waals surface area contributed by atoms with E-state index < -0.39 is 17.7 Å². The summed E-state index contributed by atoms with van der Waals surface area (Å²) < 4.78 is 10.2. The van der Waals surface area contributed by atoms with Crippen molar-refractivity contribution in [3.05, 3.63) is 29.3 Å². The maximum Gasteiger partial charge on any atom is 0.248 e. The van der Waals surface area contributed by atoms with E-state index in [9.17, 15) is 4.79 Å². The van der Waals surface area contributed by atoms with Crippen LogP contribution in [-0.4, -0.2) is 32.0 Å². The van der Waals surface area contributed by atoms with E-state index in [-0.39, 0.29) is 0 Å². The Labute approximate surface area is 111 Å². The molecule has 1 atom stereocenters. The molecule has 0 saturated heterocycles. The lowest BCUT2D eigenvalue weighted by Crippen LogP contribution is -2.57. The Morgan fingerprint density at radius 1 is 1.39 bits per heavy atom. The van der Waals surface area contributed by atoms with Crippen molar-refractivity contribution in [1.29, 1.82) is 0 Å². The van der Waals surface area contributed by atoms with Crippen LogP contribution < -0.4 is 11.1 Å². The standard InChI is InChI=1S/C12H17ClN2O3/c1-12(10(14)16,11(17-2)18-3)15-9-7-5-4-6-8(9)13/h4-7,11,15H,1-3H3,(H2,14,16). The zero-order valence-corrected chi connectivity index (χ0v) is 11.3. The number of nitrogens with two attached hydrogens (primary N) is 1. The number of amides is 1. The van der Waals surface area contributed by atoms with Gasteiger partial charge in [-0.3, -0.25) is 4.79 Å². The number of methoxy groups -OCH3 is 2. The van der Waals surface area contributed by atoms with Crippen LogP contribution in [0.1, 0.15) is 6.92 Å². The minimum atomic E-state index is -1.23. The average Bonchev–Trinajstić information content (AvgIpc) is 2.33. The molecule has 5 nitrogen and oxygen atoms in total. The zero-order chi connectivity index (χ0) is 13.8. The van der Waals surface area contributed by atoms with Gasteiger partial charge in [0.05, 0.1) is 10.7 Å². The molecule has 0 radical (unpaired) electrons. The summed E-state index contributed by atoms with van der Waals surface area (Å²) in [6.45, 7) is 1.59. The van der Waals surface area contributed by atoms with Gasteiger partial charge in [0.15, 0.2) is 11.8 Å². The number of anilines is 1. The number of benzene rings is 1. The molecule has 18 heavy (non-hydrogen) atoms. The zero-order valence-electron chi connectivity index (χ0n) is 10.6. The highest BCUT2D eigenvalue weighted by atomic mass is 35.5. The molecule has 1 aromatic carbocycles. The molecule has 0 aliphatic rings. The Morgan fingerprint density at radius 3 is 2.39 bits per heavy atom. The third-order valence-corrected chi connectivity index (χ3v) is 3.01. The summed E-state index contributed by atoms with van der Waals surface area (Å²) in [5.74, 6) is -0.601. The molecule has 0 bridgehead atoms. The van der Waals surface area contributed by atoms with E-state index in [1.807, 2.05) is 0 Å². The first-order chi connectivity index (χ1) is 8.45. The van der Waals surface area contributed by atoms with Gasteiger partial charge < -0.3 is 20.5 Å². The van der Waals surface area contributed by atoms with Crippen molar-refractivity contribution in [2.45, 2.75) is 18.8 Å². The first-order valence-electron chi connectivity index (χ1n) is 5.34. The van der Waals surface area contributed by atoms with E-state index in [4.69, 9.17) is 26.8 Å². The maximum atomic E-state index is 11.7. The quantitative estimate of drug-likeness (QED) is 0.772. The topological polar surface area (TPSA) is 73.6 Å². The molecule has 1 rings (SSSR count). The highest BCUT2D eigenvalue weighted by molar-refractivity contribution is 6.33. The van der Waals surface area contributed by atoms with Crippen molar-refractivity contribution < 1.29 is 14.3 Å². The summed E-state index contributed by atoms with van der Waals surface area (Å²) in [6.07, 6.45) is -0.828. The molecule has 0 aliphatic heterocycles. The molecule has 1 unspecified atom stereocenters. The number of primary amides is 1. The lowest BCUT2D eigenvalue weighted by atomic mass is 10.00. The number of hydrogen-bond donors (Lipinski definition) is 2. The molecule has 0 saturated carbocycles. The van der Waals surface area contributed by atoms with Crippen molar-refractivity contribution in [2.24, 2.45) is 5.73 Å². The number of carbonyl (C=O) groups is 1.